The summed E-state index contributed by atoms with van der Waals surface area (Å²) in [6.45, 7) is 3.97. The minimum atomic E-state index is -0.642. The molecule has 0 fully saturated rings. The van der Waals surface area contributed by atoms with Crippen molar-refractivity contribution in [3.8, 4) is 0 Å². The molecule has 1 aromatic carbocycles. The van der Waals surface area contributed by atoms with Crippen molar-refractivity contribution in [2.75, 3.05) is 0 Å². The van der Waals surface area contributed by atoms with Gasteiger partial charge in [-0.15, -0.1) is 11.3 Å². The molecule has 0 saturated carbocycles. The summed E-state index contributed by atoms with van der Waals surface area (Å²) >= 11 is 1.54. The number of rotatable bonds is 3. The van der Waals surface area contributed by atoms with Gasteiger partial charge in [0.15, 0.2) is 0 Å². The van der Waals surface area contributed by atoms with Crippen LogP contribution in [0.15, 0.2) is 30.3 Å². The SMILES string of the molecule is Cc1ccc(C(O)c2sc(C)cc2CO)cc1. The molecule has 0 spiro atoms. The average molecular weight is 248 g/mol. The normalized spacial score (nSPS) is 12.7. The summed E-state index contributed by atoms with van der Waals surface area (Å²) in [4.78, 5) is 1.95. The number of hydrogen-bond acceptors (Lipinski definition) is 3. The Kier molecular flexibility index (Phi) is 3.62. The lowest BCUT2D eigenvalue weighted by Gasteiger charge is -2.11. The van der Waals surface area contributed by atoms with Gasteiger partial charge >= 0.3 is 0 Å². The van der Waals surface area contributed by atoms with Gasteiger partial charge in [-0.25, -0.2) is 0 Å². The van der Waals surface area contributed by atoms with Gasteiger partial charge in [-0.1, -0.05) is 29.8 Å². The quantitative estimate of drug-likeness (QED) is 0.876. The van der Waals surface area contributed by atoms with Gasteiger partial charge in [0.2, 0.25) is 0 Å². The van der Waals surface area contributed by atoms with Crippen molar-refractivity contribution < 1.29 is 10.2 Å². The van der Waals surface area contributed by atoms with E-state index < -0.39 is 6.10 Å². The van der Waals surface area contributed by atoms with E-state index in [1.807, 2.05) is 44.2 Å². The number of aryl methyl sites for hydroxylation is 2. The molecule has 1 atom stereocenters. The van der Waals surface area contributed by atoms with Crippen LogP contribution in [-0.4, -0.2) is 10.2 Å². The maximum atomic E-state index is 10.3. The van der Waals surface area contributed by atoms with Crippen LogP contribution < -0.4 is 0 Å². The van der Waals surface area contributed by atoms with Crippen molar-refractivity contribution in [1.82, 2.24) is 0 Å². The van der Waals surface area contributed by atoms with Crippen LogP contribution in [-0.2, 0) is 6.61 Å². The van der Waals surface area contributed by atoms with Crippen LogP contribution in [0.3, 0.4) is 0 Å². The molecule has 17 heavy (non-hydrogen) atoms. The number of aliphatic hydroxyl groups excluding tert-OH is 2. The molecule has 2 nitrogen and oxygen atoms in total. The highest BCUT2D eigenvalue weighted by Gasteiger charge is 2.16. The minimum Gasteiger partial charge on any atom is -0.392 e. The third-order valence-corrected chi connectivity index (χ3v) is 3.92. The highest BCUT2D eigenvalue weighted by atomic mass is 32.1. The molecule has 90 valence electrons. The molecule has 0 bridgehead atoms. The summed E-state index contributed by atoms with van der Waals surface area (Å²) < 4.78 is 0. The number of thiophene rings is 1. The summed E-state index contributed by atoms with van der Waals surface area (Å²) in [5.41, 5.74) is 2.86. The van der Waals surface area contributed by atoms with E-state index in [0.717, 1.165) is 20.9 Å². The Bertz CT molecular complexity index is 499. The second-order valence-electron chi connectivity index (χ2n) is 4.22. The fraction of sp³-hybridized carbons (Fsp3) is 0.286. The van der Waals surface area contributed by atoms with Crippen molar-refractivity contribution in [3.05, 3.63) is 56.8 Å². The summed E-state index contributed by atoms with van der Waals surface area (Å²) in [5.74, 6) is 0. The topological polar surface area (TPSA) is 40.5 Å². The summed E-state index contributed by atoms with van der Waals surface area (Å²) in [5, 5.41) is 19.6. The van der Waals surface area contributed by atoms with Crippen molar-refractivity contribution in [1.29, 1.82) is 0 Å². The Morgan fingerprint density at radius 2 is 1.82 bits per heavy atom. The second kappa shape index (κ2) is 5.00. The number of hydrogen-bond donors (Lipinski definition) is 2. The Morgan fingerprint density at radius 3 is 2.41 bits per heavy atom. The molecule has 0 radical (unpaired) electrons. The van der Waals surface area contributed by atoms with Crippen LogP contribution in [0.2, 0.25) is 0 Å². The molecular weight excluding hydrogens is 232 g/mol. The lowest BCUT2D eigenvalue weighted by atomic mass is 10.0. The van der Waals surface area contributed by atoms with Crippen LogP contribution in [0.5, 0.6) is 0 Å². The van der Waals surface area contributed by atoms with E-state index in [0.29, 0.717) is 0 Å². The fourth-order valence-electron chi connectivity index (χ4n) is 1.84. The highest BCUT2D eigenvalue weighted by Crippen LogP contribution is 2.32. The first-order chi connectivity index (χ1) is 8.11. The van der Waals surface area contributed by atoms with Crippen molar-refractivity contribution in [2.24, 2.45) is 0 Å². The van der Waals surface area contributed by atoms with Crippen LogP contribution in [0, 0.1) is 13.8 Å². The summed E-state index contributed by atoms with van der Waals surface area (Å²) in [6, 6.07) is 9.75. The predicted molar refractivity (Wildman–Crippen MR) is 70.2 cm³/mol. The molecule has 2 N–H and O–H groups in total. The predicted octanol–water partition coefficient (Wildman–Crippen LogP) is 2.94. The molecule has 3 heteroatoms. The number of aliphatic hydroxyl groups is 2. The lowest BCUT2D eigenvalue weighted by Crippen LogP contribution is -2.00. The molecule has 0 amide bonds. The van der Waals surface area contributed by atoms with E-state index in [-0.39, 0.29) is 6.61 Å². The van der Waals surface area contributed by atoms with Gasteiger partial charge in [0.1, 0.15) is 6.10 Å². The molecule has 1 heterocycles. The van der Waals surface area contributed by atoms with Crippen LogP contribution in [0.25, 0.3) is 0 Å². The zero-order valence-corrected chi connectivity index (χ0v) is 10.8. The maximum Gasteiger partial charge on any atom is 0.114 e. The third-order valence-electron chi connectivity index (χ3n) is 2.78. The summed E-state index contributed by atoms with van der Waals surface area (Å²) in [6.07, 6.45) is -0.642. The largest absolute Gasteiger partial charge is 0.392 e. The van der Waals surface area contributed by atoms with E-state index in [9.17, 15) is 10.2 Å². The molecule has 2 aromatic rings. The van der Waals surface area contributed by atoms with E-state index >= 15 is 0 Å². The summed E-state index contributed by atoms with van der Waals surface area (Å²) in [7, 11) is 0. The van der Waals surface area contributed by atoms with E-state index in [4.69, 9.17) is 0 Å². The molecular formula is C14H16O2S. The fourth-order valence-corrected chi connectivity index (χ4v) is 2.89. The van der Waals surface area contributed by atoms with Gasteiger partial charge in [0.05, 0.1) is 6.61 Å². The zero-order valence-electron chi connectivity index (χ0n) is 9.97. The Labute approximate surface area is 105 Å². The molecule has 1 unspecified atom stereocenters. The first-order valence-electron chi connectivity index (χ1n) is 5.56. The maximum absolute atomic E-state index is 10.3. The van der Waals surface area contributed by atoms with Crippen molar-refractivity contribution >= 4 is 11.3 Å². The zero-order chi connectivity index (χ0) is 12.4. The molecule has 0 saturated heterocycles. The molecule has 0 aliphatic carbocycles. The second-order valence-corrected chi connectivity index (χ2v) is 5.51. The van der Waals surface area contributed by atoms with E-state index in [2.05, 4.69) is 0 Å². The Morgan fingerprint density at radius 1 is 1.18 bits per heavy atom. The molecule has 1 aromatic heterocycles. The van der Waals surface area contributed by atoms with Gasteiger partial charge in [-0.3, -0.25) is 0 Å². The van der Waals surface area contributed by atoms with E-state index in [1.54, 1.807) is 0 Å². The van der Waals surface area contributed by atoms with Gasteiger partial charge in [0, 0.05) is 9.75 Å². The molecule has 2 rings (SSSR count). The Hall–Kier alpha value is -1.16. The highest BCUT2D eigenvalue weighted by molar-refractivity contribution is 7.12. The van der Waals surface area contributed by atoms with Gasteiger partial charge in [0.25, 0.3) is 0 Å². The monoisotopic (exact) mass is 248 g/mol. The van der Waals surface area contributed by atoms with Crippen LogP contribution in [0.4, 0.5) is 0 Å². The first-order valence-corrected chi connectivity index (χ1v) is 6.38. The first kappa shape index (κ1) is 12.3. The number of benzene rings is 1. The van der Waals surface area contributed by atoms with Gasteiger partial charge < -0.3 is 10.2 Å². The van der Waals surface area contributed by atoms with Gasteiger partial charge in [-0.05, 0) is 31.0 Å². The van der Waals surface area contributed by atoms with Crippen molar-refractivity contribution in [3.63, 3.8) is 0 Å². The Balaban J connectivity index is 2.35. The smallest absolute Gasteiger partial charge is 0.114 e. The van der Waals surface area contributed by atoms with Crippen LogP contribution >= 0.6 is 11.3 Å². The standard InChI is InChI=1S/C14H16O2S/c1-9-3-5-11(6-4-9)13(16)14-12(8-15)7-10(2)17-14/h3-7,13,15-16H,8H2,1-2H3. The van der Waals surface area contributed by atoms with Crippen molar-refractivity contribution in [2.45, 2.75) is 26.6 Å². The third kappa shape index (κ3) is 2.57. The average Bonchev–Trinajstić information content (AvgIpc) is 2.70. The molecule has 0 aliphatic heterocycles. The van der Waals surface area contributed by atoms with Gasteiger partial charge in [-0.2, -0.15) is 0 Å². The van der Waals surface area contributed by atoms with E-state index in [1.165, 1.54) is 16.9 Å². The minimum absolute atomic E-state index is 0.0252. The molecule has 0 aliphatic rings. The lowest BCUT2D eigenvalue weighted by molar-refractivity contribution is 0.217. The van der Waals surface area contributed by atoms with Crippen LogP contribution in [0.1, 0.15) is 32.5 Å².